The molecule has 1 aliphatic rings. The van der Waals surface area contributed by atoms with Crippen molar-refractivity contribution in [3.8, 4) is 0 Å². The Labute approximate surface area is 108 Å². The van der Waals surface area contributed by atoms with Gasteiger partial charge in [-0.3, -0.25) is 0 Å². The molecule has 1 aromatic rings. The number of hydrogen-bond acceptors (Lipinski definition) is 4. The first-order chi connectivity index (χ1) is 8.63. The quantitative estimate of drug-likeness (QED) is 0.607. The maximum absolute atomic E-state index is 5.52. The van der Waals surface area contributed by atoms with Gasteiger partial charge in [0, 0.05) is 38.1 Å². The molecule has 4 nitrogen and oxygen atoms in total. The minimum atomic E-state index is 0.202. The molecule has 0 aliphatic heterocycles. The predicted octanol–water partition coefficient (Wildman–Crippen LogP) is 2.71. The van der Waals surface area contributed by atoms with E-state index in [1.54, 1.807) is 18.4 Å². The van der Waals surface area contributed by atoms with Crippen molar-refractivity contribution in [2.75, 3.05) is 21.2 Å². The van der Waals surface area contributed by atoms with Crippen LogP contribution in [-0.4, -0.2) is 32.4 Å². The van der Waals surface area contributed by atoms with Crippen molar-refractivity contribution in [3.63, 3.8) is 0 Å². The number of rotatable bonds is 4. The van der Waals surface area contributed by atoms with Crippen LogP contribution in [0.25, 0.3) is 0 Å². The van der Waals surface area contributed by atoms with Gasteiger partial charge in [0.25, 0.3) is 0 Å². The lowest BCUT2D eigenvalue weighted by molar-refractivity contribution is 0.244. The van der Waals surface area contributed by atoms with Crippen molar-refractivity contribution >= 4 is 6.21 Å². The maximum Gasteiger partial charge on any atom is 0.111 e. The van der Waals surface area contributed by atoms with Gasteiger partial charge in [-0.2, -0.15) is 5.10 Å². The van der Waals surface area contributed by atoms with Gasteiger partial charge in [-0.05, 0) is 18.2 Å². The number of nitrogens with zero attached hydrogens (tertiary/aromatic N) is 2. The second-order valence-corrected chi connectivity index (χ2v) is 4.79. The lowest BCUT2D eigenvalue weighted by Gasteiger charge is -2.18. The Bertz CT molecular complexity index is 435. The highest BCUT2D eigenvalue weighted by atomic mass is 16.5. The summed E-state index contributed by atoms with van der Waals surface area (Å²) < 4.78 is 11.0. The van der Waals surface area contributed by atoms with Crippen LogP contribution in [0.3, 0.4) is 0 Å². The van der Waals surface area contributed by atoms with Gasteiger partial charge < -0.3 is 14.2 Å². The van der Waals surface area contributed by atoms with Crippen LogP contribution in [0, 0.1) is 11.8 Å². The standard InChI is InChI=1S/C14H20N2O2/c1-10-12(9-15-16(2)3)11(8-14(10)17-4)13-6-5-7-18-13/h5-12H,1-4H3/b15-9+/t10-,11-,12-/m1/s1. The average molecular weight is 248 g/mol. The summed E-state index contributed by atoms with van der Waals surface area (Å²) in [7, 11) is 5.55. The smallest absolute Gasteiger partial charge is 0.111 e. The first kappa shape index (κ1) is 12.7. The molecular weight excluding hydrogens is 228 g/mol. The lowest BCUT2D eigenvalue weighted by atomic mass is 9.88. The second-order valence-electron chi connectivity index (χ2n) is 4.79. The molecule has 1 heterocycles. The molecule has 0 spiro atoms. The highest BCUT2D eigenvalue weighted by molar-refractivity contribution is 5.65. The normalized spacial score (nSPS) is 27.6. The zero-order chi connectivity index (χ0) is 13.1. The topological polar surface area (TPSA) is 38.0 Å². The van der Waals surface area contributed by atoms with Gasteiger partial charge in [0.1, 0.15) is 5.76 Å². The van der Waals surface area contributed by atoms with Gasteiger partial charge in [-0.25, -0.2) is 0 Å². The highest BCUT2D eigenvalue weighted by Crippen LogP contribution is 2.41. The Morgan fingerprint density at radius 1 is 1.44 bits per heavy atom. The van der Waals surface area contributed by atoms with Crippen molar-refractivity contribution in [2.45, 2.75) is 12.8 Å². The fourth-order valence-corrected chi connectivity index (χ4v) is 2.38. The minimum absolute atomic E-state index is 0.202. The molecule has 0 aromatic carbocycles. The predicted molar refractivity (Wildman–Crippen MR) is 71.4 cm³/mol. The SMILES string of the molecule is COC1=C[C@@H](c2ccco2)[C@H](/C=N/N(C)C)[C@H]1C. The average Bonchev–Trinajstić information content (AvgIpc) is 2.94. The van der Waals surface area contributed by atoms with E-state index in [2.05, 4.69) is 18.1 Å². The largest absolute Gasteiger partial charge is 0.501 e. The van der Waals surface area contributed by atoms with Gasteiger partial charge in [0.05, 0.1) is 19.1 Å². The Morgan fingerprint density at radius 2 is 2.22 bits per heavy atom. The van der Waals surface area contributed by atoms with Crippen LogP contribution >= 0.6 is 0 Å². The van der Waals surface area contributed by atoms with E-state index in [0.717, 1.165) is 11.5 Å². The van der Waals surface area contributed by atoms with Crippen LogP contribution in [0.4, 0.5) is 0 Å². The fourth-order valence-electron chi connectivity index (χ4n) is 2.38. The molecule has 0 radical (unpaired) electrons. The summed E-state index contributed by atoms with van der Waals surface area (Å²) in [5, 5.41) is 6.17. The zero-order valence-electron chi connectivity index (χ0n) is 11.3. The van der Waals surface area contributed by atoms with Crippen molar-refractivity contribution in [1.29, 1.82) is 0 Å². The van der Waals surface area contributed by atoms with Gasteiger partial charge in [-0.1, -0.05) is 6.92 Å². The summed E-state index contributed by atoms with van der Waals surface area (Å²) in [4.78, 5) is 0. The van der Waals surface area contributed by atoms with Crippen molar-refractivity contribution in [2.24, 2.45) is 16.9 Å². The first-order valence-corrected chi connectivity index (χ1v) is 6.14. The minimum Gasteiger partial charge on any atom is -0.501 e. The van der Waals surface area contributed by atoms with Crippen LogP contribution in [0.2, 0.25) is 0 Å². The molecule has 0 fully saturated rings. The molecule has 18 heavy (non-hydrogen) atoms. The Hall–Kier alpha value is -1.71. The third-order valence-electron chi connectivity index (χ3n) is 3.36. The van der Waals surface area contributed by atoms with Crippen LogP contribution < -0.4 is 0 Å². The van der Waals surface area contributed by atoms with Gasteiger partial charge >= 0.3 is 0 Å². The van der Waals surface area contributed by atoms with Crippen LogP contribution in [0.15, 0.2) is 39.7 Å². The van der Waals surface area contributed by atoms with E-state index < -0.39 is 0 Å². The van der Waals surface area contributed by atoms with Crippen LogP contribution in [0.1, 0.15) is 18.6 Å². The van der Waals surface area contributed by atoms with Crippen molar-refractivity contribution in [3.05, 3.63) is 36.0 Å². The molecular formula is C14H20N2O2. The third-order valence-corrected chi connectivity index (χ3v) is 3.36. The fraction of sp³-hybridized carbons (Fsp3) is 0.500. The van der Waals surface area contributed by atoms with E-state index in [4.69, 9.17) is 9.15 Å². The summed E-state index contributed by atoms with van der Waals surface area (Å²) in [5.41, 5.74) is 0. The number of hydrazone groups is 1. The zero-order valence-corrected chi connectivity index (χ0v) is 11.3. The van der Waals surface area contributed by atoms with E-state index in [1.807, 2.05) is 32.4 Å². The number of ether oxygens (including phenoxy) is 1. The summed E-state index contributed by atoms with van der Waals surface area (Å²) in [6, 6.07) is 3.92. The molecule has 1 aromatic heterocycles. The first-order valence-electron chi connectivity index (χ1n) is 6.14. The Balaban J connectivity index is 2.26. The van der Waals surface area contributed by atoms with Gasteiger partial charge in [0.15, 0.2) is 0 Å². The molecule has 0 saturated heterocycles. The number of hydrogen-bond donors (Lipinski definition) is 0. The molecule has 0 amide bonds. The Kier molecular flexibility index (Phi) is 3.75. The van der Waals surface area contributed by atoms with Crippen molar-refractivity contribution in [1.82, 2.24) is 5.01 Å². The third kappa shape index (κ3) is 2.42. The van der Waals surface area contributed by atoms with Gasteiger partial charge in [0.2, 0.25) is 0 Å². The summed E-state index contributed by atoms with van der Waals surface area (Å²) in [5.74, 6) is 2.76. The van der Waals surface area contributed by atoms with E-state index in [-0.39, 0.29) is 11.8 Å². The summed E-state index contributed by atoms with van der Waals surface area (Å²) >= 11 is 0. The molecule has 2 rings (SSSR count). The number of allylic oxidation sites excluding steroid dienone is 2. The van der Waals surface area contributed by atoms with E-state index >= 15 is 0 Å². The monoisotopic (exact) mass is 248 g/mol. The lowest BCUT2D eigenvalue weighted by Crippen LogP contribution is -2.17. The van der Waals surface area contributed by atoms with Crippen LogP contribution in [-0.2, 0) is 4.74 Å². The van der Waals surface area contributed by atoms with Gasteiger partial charge in [-0.15, -0.1) is 0 Å². The molecule has 1 aliphatic carbocycles. The summed E-state index contributed by atoms with van der Waals surface area (Å²) in [6.07, 6.45) is 5.83. The molecule has 0 N–H and O–H groups in total. The molecule has 4 heteroatoms. The Morgan fingerprint density at radius 3 is 2.78 bits per heavy atom. The molecule has 3 atom stereocenters. The van der Waals surface area contributed by atoms with E-state index in [1.165, 1.54) is 0 Å². The maximum atomic E-state index is 5.52. The van der Waals surface area contributed by atoms with E-state index in [9.17, 15) is 0 Å². The number of furan rings is 1. The number of methoxy groups -OCH3 is 1. The van der Waals surface area contributed by atoms with Crippen molar-refractivity contribution < 1.29 is 9.15 Å². The van der Waals surface area contributed by atoms with Crippen LogP contribution in [0.5, 0.6) is 0 Å². The highest BCUT2D eigenvalue weighted by Gasteiger charge is 2.36. The van der Waals surface area contributed by atoms with E-state index in [0.29, 0.717) is 5.92 Å². The summed E-state index contributed by atoms with van der Waals surface area (Å²) in [6.45, 7) is 2.16. The molecule has 0 saturated carbocycles. The molecule has 98 valence electrons. The molecule has 0 unspecified atom stereocenters. The second kappa shape index (κ2) is 5.29. The molecule has 0 bridgehead atoms.